The lowest BCUT2D eigenvalue weighted by atomic mass is 10.2. The number of esters is 1. The third-order valence-electron chi connectivity index (χ3n) is 5.00. The molecule has 1 aliphatic heterocycles. The topological polar surface area (TPSA) is 72.9 Å². The van der Waals surface area contributed by atoms with Gasteiger partial charge in [-0.2, -0.15) is 0 Å². The lowest BCUT2D eigenvalue weighted by molar-refractivity contribution is -0.123. The van der Waals surface area contributed by atoms with Gasteiger partial charge < -0.3 is 9.47 Å². The molecule has 1 saturated heterocycles. The Hall–Kier alpha value is -3.26. The number of nitrogens with zero attached hydrogens (tertiary/aromatic N) is 1. The number of thioether (sulfide) groups is 1. The van der Waals surface area contributed by atoms with Gasteiger partial charge in [0.1, 0.15) is 18.1 Å². The van der Waals surface area contributed by atoms with Crippen LogP contribution in [0.4, 0.5) is 4.79 Å². The van der Waals surface area contributed by atoms with Crippen LogP contribution in [-0.4, -0.2) is 35.2 Å². The largest absolute Gasteiger partial charge is 0.492 e. The second-order valence-corrected chi connectivity index (χ2v) is 9.42. The van der Waals surface area contributed by atoms with Crippen LogP contribution in [0.1, 0.15) is 21.5 Å². The molecule has 1 fully saturated rings. The summed E-state index contributed by atoms with van der Waals surface area (Å²) in [5.74, 6) is -0.106. The Bertz CT molecular complexity index is 1320. The van der Waals surface area contributed by atoms with Gasteiger partial charge in [-0.05, 0) is 72.8 Å². The van der Waals surface area contributed by atoms with E-state index in [0.29, 0.717) is 16.3 Å². The second-order valence-electron chi connectivity index (χ2n) is 7.58. The average Bonchev–Trinajstić information content (AvgIpc) is 3.07. The van der Waals surface area contributed by atoms with E-state index in [1.54, 1.807) is 36.4 Å². The summed E-state index contributed by atoms with van der Waals surface area (Å²) < 4.78 is 11.1. The first kappa shape index (κ1) is 24.9. The second kappa shape index (κ2) is 11.0. The summed E-state index contributed by atoms with van der Waals surface area (Å²) in [5.41, 5.74) is 1.88. The van der Waals surface area contributed by atoms with E-state index in [2.05, 4.69) is 0 Å². The van der Waals surface area contributed by atoms with Crippen LogP contribution >= 0.6 is 35.0 Å². The summed E-state index contributed by atoms with van der Waals surface area (Å²) in [5, 5.41) is 0.219. The molecular weight excluding hydrogens is 509 g/mol. The number of rotatable bonds is 7. The maximum atomic E-state index is 12.8. The van der Waals surface area contributed by atoms with Crippen LogP contribution in [0.15, 0.2) is 71.6 Å². The average molecular weight is 528 g/mol. The maximum absolute atomic E-state index is 12.8. The summed E-state index contributed by atoms with van der Waals surface area (Å²) >= 11 is 12.8. The number of imide groups is 1. The van der Waals surface area contributed by atoms with Gasteiger partial charge in [-0.1, -0.05) is 53.0 Å². The summed E-state index contributed by atoms with van der Waals surface area (Å²) in [7, 11) is 0. The van der Waals surface area contributed by atoms with Crippen molar-refractivity contribution in [3.05, 3.63) is 98.4 Å². The predicted molar refractivity (Wildman–Crippen MR) is 137 cm³/mol. The number of hydrogen-bond acceptors (Lipinski definition) is 6. The molecule has 3 aromatic rings. The van der Waals surface area contributed by atoms with Gasteiger partial charge in [0.05, 0.1) is 22.0 Å². The zero-order valence-corrected chi connectivity index (χ0v) is 20.8. The van der Waals surface area contributed by atoms with Crippen LogP contribution in [0.25, 0.3) is 6.08 Å². The van der Waals surface area contributed by atoms with E-state index in [0.717, 1.165) is 22.2 Å². The van der Waals surface area contributed by atoms with Crippen molar-refractivity contribution in [2.24, 2.45) is 0 Å². The van der Waals surface area contributed by atoms with Gasteiger partial charge in [0.2, 0.25) is 0 Å². The van der Waals surface area contributed by atoms with Crippen molar-refractivity contribution in [1.82, 2.24) is 4.90 Å². The number of carbonyl (C=O) groups excluding carboxylic acids is 3. The van der Waals surface area contributed by atoms with Gasteiger partial charge in [0, 0.05) is 5.02 Å². The highest BCUT2D eigenvalue weighted by Crippen LogP contribution is 2.32. The van der Waals surface area contributed by atoms with Crippen LogP contribution < -0.4 is 9.47 Å². The SMILES string of the molecule is Cc1ccc(OCCN2C(=O)S/C(=C\c3cccc(OC(=O)c4ccc(Cl)cc4Cl)c3)C2=O)cc1. The lowest BCUT2D eigenvalue weighted by Gasteiger charge is -2.13. The highest BCUT2D eigenvalue weighted by Gasteiger charge is 2.34. The van der Waals surface area contributed by atoms with E-state index >= 15 is 0 Å². The van der Waals surface area contributed by atoms with Gasteiger partial charge in [-0.25, -0.2) is 4.79 Å². The smallest absolute Gasteiger partial charge is 0.345 e. The quantitative estimate of drug-likeness (QED) is 0.195. The standard InChI is InChI=1S/C26H19Cl2NO5S/c1-16-5-8-19(9-6-16)33-12-11-29-24(30)23(35-26(29)32)14-17-3-2-4-20(13-17)34-25(31)21-10-7-18(27)15-22(21)28/h2-10,13-15H,11-12H2,1H3/b23-14-. The molecule has 0 aliphatic carbocycles. The third kappa shape index (κ3) is 6.25. The van der Waals surface area contributed by atoms with Crippen LogP contribution in [0, 0.1) is 6.92 Å². The van der Waals surface area contributed by atoms with Gasteiger partial charge >= 0.3 is 5.97 Å². The van der Waals surface area contributed by atoms with Crippen molar-refractivity contribution in [3.8, 4) is 11.5 Å². The Morgan fingerprint density at radius 2 is 1.77 bits per heavy atom. The van der Waals surface area contributed by atoms with Crippen molar-refractivity contribution in [3.63, 3.8) is 0 Å². The number of halogens is 2. The van der Waals surface area contributed by atoms with Crippen LogP contribution in [0.2, 0.25) is 10.0 Å². The first-order chi connectivity index (χ1) is 16.8. The van der Waals surface area contributed by atoms with Crippen molar-refractivity contribution in [2.45, 2.75) is 6.92 Å². The van der Waals surface area contributed by atoms with E-state index in [1.807, 2.05) is 31.2 Å². The molecule has 3 aromatic carbocycles. The van der Waals surface area contributed by atoms with E-state index in [-0.39, 0.29) is 39.6 Å². The molecule has 0 saturated carbocycles. The first-order valence-electron chi connectivity index (χ1n) is 10.5. The molecular formula is C26H19Cl2NO5S. The minimum atomic E-state index is -0.641. The minimum absolute atomic E-state index is 0.134. The molecule has 0 atom stereocenters. The zero-order valence-electron chi connectivity index (χ0n) is 18.5. The van der Waals surface area contributed by atoms with Crippen molar-refractivity contribution < 1.29 is 23.9 Å². The summed E-state index contributed by atoms with van der Waals surface area (Å²) in [4.78, 5) is 39.0. The van der Waals surface area contributed by atoms with E-state index in [1.165, 1.54) is 12.1 Å². The molecule has 0 N–H and O–H groups in total. The first-order valence-corrected chi connectivity index (χ1v) is 12.1. The monoisotopic (exact) mass is 527 g/mol. The normalized spacial score (nSPS) is 14.5. The van der Waals surface area contributed by atoms with Gasteiger partial charge in [0.25, 0.3) is 11.1 Å². The number of aryl methyl sites for hydroxylation is 1. The Morgan fingerprint density at radius 3 is 2.51 bits per heavy atom. The number of hydrogen-bond donors (Lipinski definition) is 0. The van der Waals surface area contributed by atoms with Gasteiger partial charge in [-0.15, -0.1) is 0 Å². The summed E-state index contributed by atoms with van der Waals surface area (Å²) in [6.45, 7) is 2.30. The van der Waals surface area contributed by atoms with E-state index in [4.69, 9.17) is 32.7 Å². The van der Waals surface area contributed by atoms with Crippen LogP contribution in [0.3, 0.4) is 0 Å². The fourth-order valence-corrected chi connectivity index (χ4v) is 4.57. The molecule has 2 amide bonds. The van der Waals surface area contributed by atoms with E-state index < -0.39 is 11.9 Å². The Kier molecular flexibility index (Phi) is 7.80. The Labute approximate surface area is 216 Å². The van der Waals surface area contributed by atoms with Crippen molar-refractivity contribution in [1.29, 1.82) is 0 Å². The molecule has 0 unspecified atom stereocenters. The highest BCUT2D eigenvalue weighted by molar-refractivity contribution is 8.18. The Balaban J connectivity index is 1.40. The third-order valence-corrected chi connectivity index (χ3v) is 6.45. The summed E-state index contributed by atoms with van der Waals surface area (Å²) in [6, 6.07) is 18.6. The number of benzene rings is 3. The molecule has 0 aromatic heterocycles. The highest BCUT2D eigenvalue weighted by atomic mass is 35.5. The minimum Gasteiger partial charge on any atom is -0.492 e. The summed E-state index contributed by atoms with van der Waals surface area (Å²) in [6.07, 6.45) is 1.58. The molecule has 9 heteroatoms. The number of ether oxygens (including phenoxy) is 2. The van der Waals surface area contributed by atoms with Gasteiger partial charge in [0.15, 0.2) is 0 Å². The fourth-order valence-electron chi connectivity index (χ4n) is 3.22. The number of amides is 2. The van der Waals surface area contributed by atoms with Gasteiger partial charge in [-0.3, -0.25) is 14.5 Å². The molecule has 35 heavy (non-hydrogen) atoms. The maximum Gasteiger partial charge on any atom is 0.345 e. The lowest BCUT2D eigenvalue weighted by Crippen LogP contribution is -2.32. The van der Waals surface area contributed by atoms with E-state index in [9.17, 15) is 14.4 Å². The molecule has 1 heterocycles. The molecule has 6 nitrogen and oxygen atoms in total. The fraction of sp³-hybridized carbons (Fsp3) is 0.115. The van der Waals surface area contributed by atoms with Crippen LogP contribution in [-0.2, 0) is 4.79 Å². The van der Waals surface area contributed by atoms with Crippen molar-refractivity contribution in [2.75, 3.05) is 13.2 Å². The molecule has 0 spiro atoms. The molecule has 178 valence electrons. The van der Waals surface area contributed by atoms with Crippen molar-refractivity contribution >= 4 is 58.2 Å². The zero-order chi connectivity index (χ0) is 24.9. The number of carbonyl (C=O) groups is 3. The molecule has 0 bridgehead atoms. The molecule has 1 aliphatic rings. The van der Waals surface area contributed by atoms with Crippen LogP contribution in [0.5, 0.6) is 11.5 Å². The molecule has 4 rings (SSSR count). The molecule has 0 radical (unpaired) electrons. The predicted octanol–water partition coefficient (Wildman–Crippen LogP) is 6.64. The Morgan fingerprint density at radius 1 is 1.00 bits per heavy atom.